The number of phenolic OH excluding ortho intramolecular Hbond substituents is 1. The van der Waals surface area contributed by atoms with Gasteiger partial charge in [0.05, 0.1) is 0 Å². The number of phenols is 1. The Labute approximate surface area is 63.9 Å². The van der Waals surface area contributed by atoms with Gasteiger partial charge in [0.15, 0.2) is 0 Å². The third kappa shape index (κ3) is 1.42. The molecule has 54 valence electrons. The quantitative estimate of drug-likeness (QED) is 0.599. The van der Waals surface area contributed by atoms with E-state index >= 15 is 0 Å². The smallest absolute Gasteiger partial charge is 0.130 e. The summed E-state index contributed by atoms with van der Waals surface area (Å²) in [5.74, 6) is -0.107. The van der Waals surface area contributed by atoms with Crippen molar-refractivity contribution in [3.8, 4) is 5.75 Å². The number of benzene rings is 1. The molecule has 0 saturated heterocycles. The van der Waals surface area contributed by atoms with E-state index in [-0.39, 0.29) is 5.75 Å². The van der Waals surface area contributed by atoms with Crippen molar-refractivity contribution >= 4 is 12.6 Å². The van der Waals surface area contributed by atoms with Crippen LogP contribution in [0.2, 0.25) is 0 Å². The Hall–Kier alpha value is -0.700. The van der Waals surface area contributed by atoms with E-state index in [9.17, 15) is 4.39 Å². The molecule has 0 aliphatic rings. The van der Waals surface area contributed by atoms with Crippen LogP contribution in [0.5, 0.6) is 5.75 Å². The van der Waals surface area contributed by atoms with Gasteiger partial charge in [0.1, 0.15) is 11.6 Å². The molecule has 10 heavy (non-hydrogen) atoms. The molecule has 0 heterocycles. The predicted molar refractivity (Wildman–Crippen MR) is 40.8 cm³/mol. The van der Waals surface area contributed by atoms with Gasteiger partial charge in [-0.25, -0.2) is 4.39 Å². The summed E-state index contributed by atoms with van der Waals surface area (Å²) in [4.78, 5) is 0. The lowest BCUT2D eigenvalue weighted by atomic mass is 10.2. The second-order valence-electron chi connectivity index (χ2n) is 1.93. The van der Waals surface area contributed by atoms with E-state index < -0.39 is 5.82 Å². The fourth-order valence-electron chi connectivity index (χ4n) is 0.664. The minimum Gasteiger partial charge on any atom is -0.508 e. The summed E-state index contributed by atoms with van der Waals surface area (Å²) in [5, 5.41) is 8.77. The Balaban J connectivity index is 3.07. The van der Waals surface area contributed by atoms with E-state index in [1.807, 2.05) is 0 Å². The Morgan fingerprint density at radius 3 is 2.70 bits per heavy atom. The van der Waals surface area contributed by atoms with Crippen molar-refractivity contribution in [3.05, 3.63) is 29.6 Å². The van der Waals surface area contributed by atoms with Gasteiger partial charge in [-0.15, -0.1) is 0 Å². The van der Waals surface area contributed by atoms with E-state index in [0.717, 1.165) is 6.07 Å². The molecule has 0 radical (unpaired) electrons. The first kappa shape index (κ1) is 7.41. The summed E-state index contributed by atoms with van der Waals surface area (Å²) in [6.45, 7) is 0. The van der Waals surface area contributed by atoms with Gasteiger partial charge in [-0.1, -0.05) is 6.07 Å². The van der Waals surface area contributed by atoms with Crippen LogP contribution in [0.25, 0.3) is 0 Å². The van der Waals surface area contributed by atoms with Gasteiger partial charge in [0, 0.05) is 11.8 Å². The standard InChI is InChI=1S/C7H7FOS/c8-7-3-6(9)2-1-5(7)4-10/h1-3,9-10H,4H2. The molecular weight excluding hydrogens is 151 g/mol. The molecular formula is C7H7FOS. The maximum absolute atomic E-state index is 12.6. The molecule has 0 unspecified atom stereocenters. The summed E-state index contributed by atoms with van der Waals surface area (Å²) in [6.07, 6.45) is 0. The van der Waals surface area contributed by atoms with Crippen LogP contribution in [-0.4, -0.2) is 5.11 Å². The molecule has 0 saturated carbocycles. The fraction of sp³-hybridized carbons (Fsp3) is 0.143. The van der Waals surface area contributed by atoms with E-state index in [2.05, 4.69) is 12.6 Å². The van der Waals surface area contributed by atoms with Crippen molar-refractivity contribution < 1.29 is 9.50 Å². The van der Waals surface area contributed by atoms with E-state index in [1.54, 1.807) is 0 Å². The average molecular weight is 158 g/mol. The molecule has 0 bridgehead atoms. The zero-order valence-electron chi connectivity index (χ0n) is 5.21. The van der Waals surface area contributed by atoms with Gasteiger partial charge in [-0.3, -0.25) is 0 Å². The molecule has 0 aliphatic heterocycles. The average Bonchev–Trinajstić information content (AvgIpc) is 1.88. The van der Waals surface area contributed by atoms with Crippen LogP contribution in [0.1, 0.15) is 5.56 Å². The minimum absolute atomic E-state index is 0.0527. The van der Waals surface area contributed by atoms with Crippen LogP contribution in [0.4, 0.5) is 4.39 Å². The molecule has 0 aromatic heterocycles. The first-order chi connectivity index (χ1) is 4.74. The highest BCUT2D eigenvalue weighted by Crippen LogP contribution is 2.15. The molecule has 3 heteroatoms. The number of rotatable bonds is 1. The number of thiol groups is 1. The highest BCUT2D eigenvalue weighted by atomic mass is 32.1. The van der Waals surface area contributed by atoms with Crippen LogP contribution in [0.15, 0.2) is 18.2 Å². The van der Waals surface area contributed by atoms with Crippen LogP contribution in [0, 0.1) is 5.82 Å². The number of aromatic hydroxyl groups is 1. The van der Waals surface area contributed by atoms with Crippen molar-refractivity contribution in [2.75, 3.05) is 0 Å². The topological polar surface area (TPSA) is 20.2 Å². The second-order valence-corrected chi connectivity index (χ2v) is 2.25. The molecule has 0 fully saturated rings. The molecule has 1 N–H and O–H groups in total. The van der Waals surface area contributed by atoms with Crippen LogP contribution >= 0.6 is 12.6 Å². The molecule has 0 spiro atoms. The van der Waals surface area contributed by atoms with Gasteiger partial charge in [0.25, 0.3) is 0 Å². The highest BCUT2D eigenvalue weighted by Gasteiger charge is 1.99. The maximum atomic E-state index is 12.6. The minimum atomic E-state index is -0.407. The lowest BCUT2D eigenvalue weighted by molar-refractivity contribution is 0.468. The molecule has 1 aromatic carbocycles. The zero-order chi connectivity index (χ0) is 7.56. The summed E-state index contributed by atoms with van der Waals surface area (Å²) in [5.41, 5.74) is 0.501. The molecule has 0 aliphatic carbocycles. The number of hydrogen-bond donors (Lipinski definition) is 2. The summed E-state index contributed by atoms with van der Waals surface area (Å²) in [6, 6.07) is 4.03. The Kier molecular flexibility index (Phi) is 2.17. The second kappa shape index (κ2) is 2.92. The van der Waals surface area contributed by atoms with Crippen molar-refractivity contribution in [3.63, 3.8) is 0 Å². The molecule has 1 nitrogen and oxygen atoms in total. The molecule has 1 rings (SSSR count). The first-order valence-corrected chi connectivity index (χ1v) is 3.45. The van der Waals surface area contributed by atoms with Gasteiger partial charge in [-0.05, 0) is 11.6 Å². The van der Waals surface area contributed by atoms with E-state index in [4.69, 9.17) is 5.11 Å². The summed E-state index contributed by atoms with van der Waals surface area (Å²) in [7, 11) is 0. The van der Waals surface area contributed by atoms with Gasteiger partial charge in [-0.2, -0.15) is 12.6 Å². The van der Waals surface area contributed by atoms with Gasteiger partial charge in [0.2, 0.25) is 0 Å². The Morgan fingerprint density at radius 1 is 1.50 bits per heavy atom. The number of hydrogen-bond acceptors (Lipinski definition) is 2. The zero-order valence-corrected chi connectivity index (χ0v) is 6.11. The van der Waals surface area contributed by atoms with Crippen molar-refractivity contribution in [1.29, 1.82) is 0 Å². The largest absolute Gasteiger partial charge is 0.508 e. The van der Waals surface area contributed by atoms with Crippen molar-refractivity contribution in [2.45, 2.75) is 5.75 Å². The highest BCUT2D eigenvalue weighted by molar-refractivity contribution is 7.79. The van der Waals surface area contributed by atoms with Crippen molar-refractivity contribution in [2.24, 2.45) is 0 Å². The SMILES string of the molecule is Oc1ccc(CS)c(F)c1. The van der Waals surface area contributed by atoms with E-state index in [1.165, 1.54) is 12.1 Å². The summed E-state index contributed by atoms with van der Waals surface area (Å²) >= 11 is 3.89. The van der Waals surface area contributed by atoms with Crippen molar-refractivity contribution in [1.82, 2.24) is 0 Å². The van der Waals surface area contributed by atoms with Crippen LogP contribution in [-0.2, 0) is 5.75 Å². The van der Waals surface area contributed by atoms with Gasteiger partial charge >= 0.3 is 0 Å². The molecule has 0 amide bonds. The Bertz CT molecular complexity index is 237. The number of halogens is 1. The fourth-order valence-corrected chi connectivity index (χ4v) is 0.921. The monoisotopic (exact) mass is 158 g/mol. The van der Waals surface area contributed by atoms with Gasteiger partial charge < -0.3 is 5.11 Å². The molecule has 1 aromatic rings. The lowest BCUT2D eigenvalue weighted by Gasteiger charge is -1.97. The molecule has 0 atom stereocenters. The Morgan fingerprint density at radius 2 is 2.20 bits per heavy atom. The normalized spacial score (nSPS) is 9.80. The third-order valence-electron chi connectivity index (χ3n) is 1.21. The third-order valence-corrected chi connectivity index (χ3v) is 1.55. The lowest BCUT2D eigenvalue weighted by Crippen LogP contribution is -1.83. The van der Waals surface area contributed by atoms with Crippen LogP contribution in [0.3, 0.4) is 0 Å². The first-order valence-electron chi connectivity index (χ1n) is 2.82. The van der Waals surface area contributed by atoms with E-state index in [0.29, 0.717) is 11.3 Å². The summed E-state index contributed by atoms with van der Waals surface area (Å²) < 4.78 is 12.6. The maximum Gasteiger partial charge on any atom is 0.130 e. The predicted octanol–water partition coefficient (Wildman–Crippen LogP) is 1.96. The van der Waals surface area contributed by atoms with Crippen LogP contribution < -0.4 is 0 Å².